The third-order valence-electron chi connectivity index (χ3n) is 4.82. The minimum Gasteiger partial charge on any atom is -0.346 e. The lowest BCUT2D eigenvalue weighted by molar-refractivity contribution is -0.126. The molecule has 3 aromatic rings. The van der Waals surface area contributed by atoms with Gasteiger partial charge in [-0.25, -0.2) is 0 Å². The minimum atomic E-state index is -0.681. The van der Waals surface area contributed by atoms with Gasteiger partial charge in [0.25, 0.3) is 0 Å². The van der Waals surface area contributed by atoms with Gasteiger partial charge in [0.15, 0.2) is 5.78 Å². The molecule has 2 atom stereocenters. The van der Waals surface area contributed by atoms with Crippen molar-refractivity contribution in [1.82, 2.24) is 10.6 Å². The Kier molecular flexibility index (Phi) is 8.61. The Bertz CT molecular complexity index is 1070. The van der Waals surface area contributed by atoms with Gasteiger partial charge in [-0.3, -0.25) is 14.4 Å². The van der Waals surface area contributed by atoms with Crippen molar-refractivity contribution in [2.24, 2.45) is 0 Å². The van der Waals surface area contributed by atoms with Gasteiger partial charge in [-0.1, -0.05) is 57.9 Å². The fraction of sp³-hybridized carbons (Fsp3) is 0.208. The van der Waals surface area contributed by atoms with Crippen molar-refractivity contribution in [3.8, 4) is 0 Å². The highest BCUT2D eigenvalue weighted by Crippen LogP contribution is 2.27. The molecule has 2 N–H and O–H groups in total. The van der Waals surface area contributed by atoms with E-state index in [4.69, 9.17) is 11.6 Å². The molecule has 2 amide bonds. The number of halogens is 2. The third-order valence-corrected chi connectivity index (χ3v) is 6.53. The summed E-state index contributed by atoms with van der Waals surface area (Å²) in [6, 6.07) is 17.1. The smallest absolute Gasteiger partial charge is 0.221 e. The van der Waals surface area contributed by atoms with Crippen molar-refractivity contribution < 1.29 is 14.4 Å². The zero-order valence-electron chi connectivity index (χ0n) is 17.3. The predicted octanol–water partition coefficient (Wildman–Crippen LogP) is 5.54. The number of benzene rings is 2. The van der Waals surface area contributed by atoms with E-state index in [-0.39, 0.29) is 36.5 Å². The number of carbonyl (C=O) groups excluding carboxylic acids is 3. The zero-order chi connectivity index (χ0) is 23.1. The Morgan fingerprint density at radius 3 is 2.16 bits per heavy atom. The standard InChI is InChI=1S/C24H22BrClN2O3S/c1-15(24(31)17-4-8-18(25)9-5-17)27-21(29)12-13-22(30)28-23(20-3-2-14-32-20)16-6-10-19(26)11-7-16/h2-11,14-15,23H,12-13H2,1H3,(H,27,29)(H,28,30). The van der Waals surface area contributed by atoms with Crippen LogP contribution in [0.25, 0.3) is 0 Å². The van der Waals surface area contributed by atoms with Crippen LogP contribution in [-0.2, 0) is 9.59 Å². The van der Waals surface area contributed by atoms with Crippen LogP contribution in [0.5, 0.6) is 0 Å². The van der Waals surface area contributed by atoms with Crippen LogP contribution in [0, 0.1) is 0 Å². The fourth-order valence-corrected chi connectivity index (χ4v) is 4.33. The molecule has 2 unspecified atom stereocenters. The first-order valence-electron chi connectivity index (χ1n) is 10.0. The molecule has 0 bridgehead atoms. The van der Waals surface area contributed by atoms with E-state index in [0.717, 1.165) is 14.9 Å². The molecule has 0 aliphatic carbocycles. The molecule has 0 aliphatic heterocycles. The maximum absolute atomic E-state index is 12.6. The monoisotopic (exact) mass is 532 g/mol. The summed E-state index contributed by atoms with van der Waals surface area (Å²) >= 11 is 10.9. The summed E-state index contributed by atoms with van der Waals surface area (Å²) in [4.78, 5) is 38.3. The summed E-state index contributed by atoms with van der Waals surface area (Å²) in [5.74, 6) is -0.784. The number of nitrogens with one attached hydrogen (secondary N) is 2. The molecule has 8 heteroatoms. The van der Waals surface area contributed by atoms with E-state index in [1.807, 2.05) is 29.6 Å². The first kappa shape index (κ1) is 24.2. The first-order valence-corrected chi connectivity index (χ1v) is 12.1. The number of ketones is 1. The highest BCUT2D eigenvalue weighted by molar-refractivity contribution is 9.10. The minimum absolute atomic E-state index is 0.0123. The van der Waals surface area contributed by atoms with Crippen LogP contribution in [0.3, 0.4) is 0 Å². The van der Waals surface area contributed by atoms with Gasteiger partial charge in [-0.2, -0.15) is 0 Å². The first-order chi connectivity index (χ1) is 15.3. The summed E-state index contributed by atoms with van der Waals surface area (Å²) in [6.45, 7) is 1.63. The van der Waals surface area contributed by atoms with Gasteiger partial charge in [0.1, 0.15) is 0 Å². The van der Waals surface area contributed by atoms with Crippen molar-refractivity contribution in [3.05, 3.63) is 91.5 Å². The summed E-state index contributed by atoms with van der Waals surface area (Å²) in [7, 11) is 0. The van der Waals surface area contributed by atoms with E-state index in [2.05, 4.69) is 26.6 Å². The average Bonchev–Trinajstić information content (AvgIpc) is 3.31. The van der Waals surface area contributed by atoms with E-state index in [1.54, 1.807) is 43.3 Å². The largest absolute Gasteiger partial charge is 0.346 e. The lowest BCUT2D eigenvalue weighted by Gasteiger charge is -2.18. The Hall–Kier alpha value is -2.48. The van der Waals surface area contributed by atoms with Crippen LogP contribution in [0.4, 0.5) is 0 Å². The van der Waals surface area contributed by atoms with Crippen molar-refractivity contribution in [2.75, 3.05) is 0 Å². The Morgan fingerprint density at radius 2 is 1.56 bits per heavy atom. The maximum Gasteiger partial charge on any atom is 0.221 e. The Labute approximate surface area is 204 Å². The van der Waals surface area contributed by atoms with E-state index in [9.17, 15) is 14.4 Å². The van der Waals surface area contributed by atoms with Crippen LogP contribution < -0.4 is 10.6 Å². The number of rotatable bonds is 9. The van der Waals surface area contributed by atoms with Gasteiger partial charge >= 0.3 is 0 Å². The molecule has 0 spiro atoms. The molecule has 0 radical (unpaired) electrons. The molecule has 5 nitrogen and oxygen atoms in total. The van der Waals surface area contributed by atoms with Gasteiger partial charge < -0.3 is 10.6 Å². The molecular weight excluding hydrogens is 512 g/mol. The van der Waals surface area contributed by atoms with Gasteiger partial charge in [0, 0.05) is 32.8 Å². The van der Waals surface area contributed by atoms with Crippen molar-refractivity contribution >= 4 is 56.5 Å². The molecule has 1 heterocycles. The van der Waals surface area contributed by atoms with E-state index in [0.29, 0.717) is 10.6 Å². The second-order valence-electron chi connectivity index (χ2n) is 7.23. The second-order valence-corrected chi connectivity index (χ2v) is 9.56. The normalized spacial score (nSPS) is 12.6. The van der Waals surface area contributed by atoms with Gasteiger partial charge in [-0.15, -0.1) is 11.3 Å². The van der Waals surface area contributed by atoms with Crippen molar-refractivity contribution in [3.63, 3.8) is 0 Å². The molecule has 3 rings (SSSR count). The fourth-order valence-electron chi connectivity index (χ4n) is 3.13. The molecule has 0 aliphatic rings. The zero-order valence-corrected chi connectivity index (χ0v) is 20.5. The van der Waals surface area contributed by atoms with Crippen LogP contribution >= 0.6 is 38.9 Å². The predicted molar refractivity (Wildman–Crippen MR) is 131 cm³/mol. The summed E-state index contributed by atoms with van der Waals surface area (Å²) in [5.41, 5.74) is 1.42. The lowest BCUT2D eigenvalue weighted by Crippen LogP contribution is -2.39. The van der Waals surface area contributed by atoms with Crippen LogP contribution in [-0.4, -0.2) is 23.6 Å². The third kappa shape index (κ3) is 6.76. The topological polar surface area (TPSA) is 75.3 Å². The molecule has 166 valence electrons. The molecule has 0 fully saturated rings. The molecular formula is C24H22BrClN2O3S. The molecule has 32 heavy (non-hydrogen) atoms. The van der Waals surface area contributed by atoms with Crippen LogP contribution in [0.1, 0.15) is 46.6 Å². The number of amides is 2. The lowest BCUT2D eigenvalue weighted by atomic mass is 10.0. The molecule has 1 aromatic heterocycles. The average molecular weight is 534 g/mol. The van der Waals surface area contributed by atoms with Gasteiger partial charge in [0.05, 0.1) is 12.1 Å². The van der Waals surface area contributed by atoms with E-state index >= 15 is 0 Å². The van der Waals surface area contributed by atoms with E-state index < -0.39 is 6.04 Å². The molecule has 0 saturated heterocycles. The number of Topliss-reactive ketones (excluding diaryl/α,β-unsaturated/α-hetero) is 1. The summed E-state index contributed by atoms with van der Waals surface area (Å²) < 4.78 is 0.871. The SMILES string of the molecule is CC(NC(=O)CCC(=O)NC(c1ccc(Cl)cc1)c1cccs1)C(=O)c1ccc(Br)cc1. The highest BCUT2D eigenvalue weighted by atomic mass is 79.9. The number of thiophene rings is 1. The number of hydrogen-bond acceptors (Lipinski definition) is 4. The highest BCUT2D eigenvalue weighted by Gasteiger charge is 2.20. The summed E-state index contributed by atoms with van der Waals surface area (Å²) in [5, 5.41) is 8.23. The van der Waals surface area contributed by atoms with Gasteiger partial charge in [-0.05, 0) is 48.2 Å². The second kappa shape index (κ2) is 11.4. The summed E-state index contributed by atoms with van der Waals surface area (Å²) in [6.07, 6.45) is 0.00205. The number of hydrogen-bond donors (Lipinski definition) is 2. The van der Waals surface area contributed by atoms with Crippen molar-refractivity contribution in [2.45, 2.75) is 31.8 Å². The van der Waals surface area contributed by atoms with Crippen LogP contribution in [0.2, 0.25) is 5.02 Å². The Morgan fingerprint density at radius 1 is 0.938 bits per heavy atom. The Balaban J connectivity index is 1.54. The quantitative estimate of drug-likeness (QED) is 0.355. The van der Waals surface area contributed by atoms with Crippen molar-refractivity contribution in [1.29, 1.82) is 0 Å². The molecule has 2 aromatic carbocycles. The van der Waals surface area contributed by atoms with Crippen LogP contribution in [0.15, 0.2) is 70.5 Å². The van der Waals surface area contributed by atoms with E-state index in [1.165, 1.54) is 11.3 Å². The molecule has 0 saturated carbocycles. The van der Waals surface area contributed by atoms with Gasteiger partial charge in [0.2, 0.25) is 11.8 Å². The number of carbonyl (C=O) groups is 3. The maximum atomic E-state index is 12.6.